The summed E-state index contributed by atoms with van der Waals surface area (Å²) in [4.78, 5) is 0. The standard InChI is InChI=1S/C14H30O3Si.C3H6.H2O/c1-5-6-7-8-9-10-11-12-13-14-18(15-2,16-3)17-4;1-3-2;/h13-14H,5-12H2,1-4H3;3H,1H2,2H3;1H2. The zero-order valence-corrected chi connectivity index (χ0v) is 16.3. The second kappa shape index (κ2) is 20.5. The van der Waals surface area contributed by atoms with E-state index in [1.54, 1.807) is 27.4 Å². The van der Waals surface area contributed by atoms with Crippen LogP contribution in [0.15, 0.2) is 24.4 Å². The number of hydrogen-bond acceptors (Lipinski definition) is 3. The Balaban J connectivity index is -0.000000827. The summed E-state index contributed by atoms with van der Waals surface area (Å²) in [5.74, 6) is 0. The Bertz CT molecular complexity index is 233. The van der Waals surface area contributed by atoms with Crippen molar-refractivity contribution in [3.63, 3.8) is 0 Å². The summed E-state index contributed by atoms with van der Waals surface area (Å²) in [5, 5.41) is 0. The molecule has 5 heteroatoms. The minimum absolute atomic E-state index is 0. The zero-order valence-electron chi connectivity index (χ0n) is 15.3. The second-order valence-electron chi connectivity index (χ2n) is 4.94. The van der Waals surface area contributed by atoms with Gasteiger partial charge in [0.25, 0.3) is 0 Å². The van der Waals surface area contributed by atoms with Gasteiger partial charge in [-0.15, -0.1) is 6.58 Å². The van der Waals surface area contributed by atoms with E-state index in [0.29, 0.717) is 0 Å². The van der Waals surface area contributed by atoms with Crippen molar-refractivity contribution >= 4 is 8.80 Å². The average molecular weight is 335 g/mol. The molecule has 0 saturated heterocycles. The summed E-state index contributed by atoms with van der Waals surface area (Å²) in [6, 6.07) is 0. The normalized spacial score (nSPS) is 10.8. The third-order valence-corrected chi connectivity index (χ3v) is 5.50. The summed E-state index contributed by atoms with van der Waals surface area (Å²) < 4.78 is 15.9. The predicted octanol–water partition coefficient (Wildman–Crippen LogP) is 4.47. The fourth-order valence-corrected chi connectivity index (χ4v) is 3.26. The van der Waals surface area contributed by atoms with Crippen molar-refractivity contribution in [3.8, 4) is 0 Å². The molecule has 0 radical (unpaired) electrons. The topological polar surface area (TPSA) is 59.2 Å². The van der Waals surface area contributed by atoms with E-state index in [1.807, 2.05) is 12.6 Å². The highest BCUT2D eigenvalue weighted by molar-refractivity contribution is 6.66. The Kier molecular flexibility index (Phi) is 24.7. The molecule has 0 aromatic carbocycles. The van der Waals surface area contributed by atoms with Crippen LogP contribution in [0.3, 0.4) is 0 Å². The fraction of sp³-hybridized carbons (Fsp3) is 0.765. The van der Waals surface area contributed by atoms with Crippen molar-refractivity contribution in [2.24, 2.45) is 0 Å². The minimum Gasteiger partial charge on any atom is -0.412 e. The molecule has 0 heterocycles. The van der Waals surface area contributed by atoms with E-state index in [-0.39, 0.29) is 5.48 Å². The van der Waals surface area contributed by atoms with E-state index in [9.17, 15) is 0 Å². The molecular weight excluding hydrogens is 296 g/mol. The molecule has 0 aromatic rings. The largest absolute Gasteiger partial charge is 0.528 e. The molecule has 134 valence electrons. The van der Waals surface area contributed by atoms with Crippen LogP contribution in [0.25, 0.3) is 0 Å². The van der Waals surface area contributed by atoms with E-state index < -0.39 is 8.80 Å². The molecule has 0 aliphatic heterocycles. The molecule has 2 N–H and O–H groups in total. The fourth-order valence-electron chi connectivity index (χ4n) is 1.90. The summed E-state index contributed by atoms with van der Waals surface area (Å²) >= 11 is 0. The molecule has 0 rings (SSSR count). The zero-order chi connectivity index (χ0) is 16.4. The van der Waals surface area contributed by atoms with Gasteiger partial charge in [0.05, 0.1) is 0 Å². The molecule has 0 spiro atoms. The summed E-state index contributed by atoms with van der Waals surface area (Å²) in [7, 11) is 2.42. The highest BCUT2D eigenvalue weighted by Crippen LogP contribution is 2.11. The Hall–Kier alpha value is -0.463. The number of hydrogen-bond donors (Lipinski definition) is 0. The lowest BCUT2D eigenvalue weighted by Gasteiger charge is -2.20. The van der Waals surface area contributed by atoms with Gasteiger partial charge in [-0.25, -0.2) is 0 Å². The molecule has 0 atom stereocenters. The van der Waals surface area contributed by atoms with E-state index in [2.05, 4.69) is 19.6 Å². The maximum Gasteiger partial charge on any atom is 0.528 e. The van der Waals surface area contributed by atoms with Crippen LogP contribution >= 0.6 is 0 Å². The Labute approximate surface area is 139 Å². The van der Waals surface area contributed by atoms with Crippen LogP contribution in [0.1, 0.15) is 65.2 Å². The van der Waals surface area contributed by atoms with Gasteiger partial charge in [-0.2, -0.15) is 0 Å². The van der Waals surface area contributed by atoms with Gasteiger partial charge in [0, 0.05) is 21.3 Å². The summed E-state index contributed by atoms with van der Waals surface area (Å²) in [5.41, 5.74) is 1.98. The first-order chi connectivity index (χ1) is 10.2. The number of rotatable bonds is 12. The molecule has 0 aliphatic rings. The second-order valence-corrected chi connectivity index (χ2v) is 7.70. The first-order valence-electron chi connectivity index (χ1n) is 8.06. The quantitative estimate of drug-likeness (QED) is 0.300. The summed E-state index contributed by atoms with van der Waals surface area (Å²) in [6.07, 6.45) is 14.3. The molecule has 0 fully saturated rings. The molecule has 0 aromatic heterocycles. The number of unbranched alkanes of at least 4 members (excludes halogenated alkanes) is 7. The lowest BCUT2D eigenvalue weighted by molar-refractivity contribution is 0.138. The van der Waals surface area contributed by atoms with Crippen molar-refractivity contribution in [2.75, 3.05) is 21.3 Å². The van der Waals surface area contributed by atoms with Crippen LogP contribution in [-0.4, -0.2) is 35.6 Å². The Morgan fingerprint density at radius 3 is 1.68 bits per heavy atom. The van der Waals surface area contributed by atoms with Gasteiger partial charge in [-0.1, -0.05) is 57.6 Å². The van der Waals surface area contributed by atoms with Crippen LogP contribution in [0.2, 0.25) is 0 Å². The van der Waals surface area contributed by atoms with E-state index in [4.69, 9.17) is 13.3 Å². The maximum atomic E-state index is 5.32. The van der Waals surface area contributed by atoms with E-state index in [0.717, 1.165) is 6.42 Å². The first-order valence-corrected chi connectivity index (χ1v) is 9.86. The van der Waals surface area contributed by atoms with Crippen LogP contribution in [0.4, 0.5) is 0 Å². The number of allylic oxidation sites excluding steroid dienone is 2. The third kappa shape index (κ3) is 15.9. The summed E-state index contributed by atoms with van der Waals surface area (Å²) in [6.45, 7) is 7.50. The lowest BCUT2D eigenvalue weighted by atomic mass is 10.1. The molecule has 0 amide bonds. The highest BCUT2D eigenvalue weighted by atomic mass is 28.4. The van der Waals surface area contributed by atoms with Crippen LogP contribution in [-0.2, 0) is 13.3 Å². The lowest BCUT2D eigenvalue weighted by Crippen LogP contribution is -2.40. The van der Waals surface area contributed by atoms with Crippen molar-refractivity contribution in [1.82, 2.24) is 0 Å². The Morgan fingerprint density at radius 1 is 0.864 bits per heavy atom. The molecule has 0 aliphatic carbocycles. The maximum absolute atomic E-state index is 5.32. The van der Waals surface area contributed by atoms with Crippen LogP contribution in [0, 0.1) is 0 Å². The SMILES string of the molecule is C=CC.CCCCCCCCCC=C[Si](OC)(OC)OC.O. The van der Waals surface area contributed by atoms with Gasteiger partial charge < -0.3 is 18.8 Å². The molecular formula is C17H38O4Si. The van der Waals surface area contributed by atoms with Gasteiger partial charge >= 0.3 is 8.80 Å². The average Bonchev–Trinajstić information content (AvgIpc) is 2.51. The van der Waals surface area contributed by atoms with Crippen LogP contribution < -0.4 is 0 Å². The molecule has 0 bridgehead atoms. The van der Waals surface area contributed by atoms with E-state index >= 15 is 0 Å². The molecule has 0 saturated carbocycles. The smallest absolute Gasteiger partial charge is 0.412 e. The van der Waals surface area contributed by atoms with Gasteiger partial charge in [-0.05, 0) is 25.5 Å². The third-order valence-electron chi connectivity index (χ3n) is 3.15. The molecule has 22 heavy (non-hydrogen) atoms. The van der Waals surface area contributed by atoms with Gasteiger partial charge in [0.2, 0.25) is 0 Å². The first kappa shape index (κ1) is 26.4. The van der Waals surface area contributed by atoms with Crippen molar-refractivity contribution in [1.29, 1.82) is 0 Å². The molecule has 4 nitrogen and oxygen atoms in total. The Morgan fingerprint density at radius 2 is 1.27 bits per heavy atom. The highest BCUT2D eigenvalue weighted by Gasteiger charge is 2.33. The van der Waals surface area contributed by atoms with Crippen molar-refractivity contribution in [3.05, 3.63) is 24.4 Å². The van der Waals surface area contributed by atoms with Gasteiger partial charge in [0.15, 0.2) is 0 Å². The van der Waals surface area contributed by atoms with Crippen LogP contribution in [0.5, 0.6) is 0 Å². The van der Waals surface area contributed by atoms with Gasteiger partial charge in [-0.3, -0.25) is 0 Å². The minimum atomic E-state index is -2.48. The molecule has 0 unspecified atom stereocenters. The predicted molar refractivity (Wildman–Crippen MR) is 98.0 cm³/mol. The van der Waals surface area contributed by atoms with Gasteiger partial charge in [0.1, 0.15) is 0 Å². The monoisotopic (exact) mass is 334 g/mol. The van der Waals surface area contributed by atoms with Crippen molar-refractivity contribution < 1.29 is 18.8 Å². The van der Waals surface area contributed by atoms with Crippen molar-refractivity contribution in [2.45, 2.75) is 65.2 Å². The van der Waals surface area contributed by atoms with E-state index in [1.165, 1.54) is 44.9 Å².